The molecule has 16 heavy (non-hydrogen) atoms. The molecule has 0 spiro atoms. The minimum absolute atomic E-state index is 0.118. The molecule has 0 unspecified atom stereocenters. The zero-order valence-electron chi connectivity index (χ0n) is 9.60. The standard InChI is InChI=1S/C12H15ClFNO/c1-12(2,3)7-11(16)15-10-5-4-8(13)6-9(10)14/h4-6H,7H2,1-3H3,(H,15,16). The average molecular weight is 244 g/mol. The zero-order chi connectivity index (χ0) is 12.3. The number of hydrogen-bond acceptors (Lipinski definition) is 1. The molecule has 1 N–H and O–H groups in total. The fraction of sp³-hybridized carbons (Fsp3) is 0.417. The number of benzene rings is 1. The van der Waals surface area contributed by atoms with Gasteiger partial charge >= 0.3 is 0 Å². The summed E-state index contributed by atoms with van der Waals surface area (Å²) in [6.07, 6.45) is 0.342. The lowest BCUT2D eigenvalue weighted by Gasteiger charge is -2.17. The van der Waals surface area contributed by atoms with Gasteiger partial charge in [-0.15, -0.1) is 0 Å². The number of hydrogen-bond donors (Lipinski definition) is 1. The third-order valence-electron chi connectivity index (χ3n) is 1.90. The fourth-order valence-corrected chi connectivity index (χ4v) is 1.43. The molecule has 0 saturated heterocycles. The Labute approximate surface area is 99.8 Å². The van der Waals surface area contributed by atoms with Crippen LogP contribution in [0.1, 0.15) is 27.2 Å². The van der Waals surface area contributed by atoms with Crippen LogP contribution in [0.5, 0.6) is 0 Å². The molecule has 88 valence electrons. The van der Waals surface area contributed by atoms with Crippen molar-refractivity contribution in [2.24, 2.45) is 5.41 Å². The maximum absolute atomic E-state index is 13.3. The van der Waals surface area contributed by atoms with Gasteiger partial charge in [-0.05, 0) is 23.6 Å². The molecule has 0 fully saturated rings. The summed E-state index contributed by atoms with van der Waals surface area (Å²) in [6.45, 7) is 5.85. The molecule has 0 aromatic heterocycles. The highest BCUT2D eigenvalue weighted by atomic mass is 35.5. The van der Waals surface area contributed by atoms with Crippen molar-refractivity contribution in [1.82, 2.24) is 0 Å². The van der Waals surface area contributed by atoms with Gasteiger partial charge in [-0.2, -0.15) is 0 Å². The average Bonchev–Trinajstić information content (AvgIpc) is 2.06. The Kier molecular flexibility index (Phi) is 3.92. The van der Waals surface area contributed by atoms with E-state index in [0.29, 0.717) is 11.4 Å². The Balaban J connectivity index is 2.70. The lowest BCUT2D eigenvalue weighted by Crippen LogP contribution is -2.20. The minimum atomic E-state index is -0.519. The second kappa shape index (κ2) is 4.83. The monoisotopic (exact) mass is 243 g/mol. The van der Waals surface area contributed by atoms with E-state index >= 15 is 0 Å². The van der Waals surface area contributed by atoms with Crippen molar-refractivity contribution < 1.29 is 9.18 Å². The Morgan fingerprint density at radius 2 is 2.06 bits per heavy atom. The number of nitrogens with one attached hydrogen (secondary N) is 1. The second-order valence-electron chi connectivity index (χ2n) is 4.91. The van der Waals surface area contributed by atoms with Crippen molar-refractivity contribution in [3.63, 3.8) is 0 Å². The number of rotatable bonds is 2. The van der Waals surface area contributed by atoms with Crippen molar-refractivity contribution in [2.45, 2.75) is 27.2 Å². The molecule has 0 radical (unpaired) electrons. The Morgan fingerprint density at radius 1 is 1.44 bits per heavy atom. The molecule has 0 aliphatic carbocycles. The predicted molar refractivity (Wildman–Crippen MR) is 64.1 cm³/mol. The summed E-state index contributed by atoms with van der Waals surface area (Å²) in [4.78, 5) is 11.6. The highest BCUT2D eigenvalue weighted by Crippen LogP contribution is 2.22. The first-order valence-corrected chi connectivity index (χ1v) is 5.41. The first kappa shape index (κ1) is 13.0. The van der Waals surface area contributed by atoms with E-state index in [1.165, 1.54) is 18.2 Å². The molecule has 0 atom stereocenters. The van der Waals surface area contributed by atoms with Gasteiger partial charge in [-0.1, -0.05) is 32.4 Å². The Bertz CT molecular complexity index is 398. The third-order valence-corrected chi connectivity index (χ3v) is 2.13. The van der Waals surface area contributed by atoms with Crippen molar-refractivity contribution in [3.8, 4) is 0 Å². The van der Waals surface area contributed by atoms with Crippen molar-refractivity contribution in [3.05, 3.63) is 29.0 Å². The van der Waals surface area contributed by atoms with Crippen molar-refractivity contribution >= 4 is 23.2 Å². The highest BCUT2D eigenvalue weighted by Gasteiger charge is 2.16. The van der Waals surface area contributed by atoms with Gasteiger partial charge in [-0.25, -0.2) is 4.39 Å². The van der Waals surface area contributed by atoms with Gasteiger partial charge < -0.3 is 5.32 Å². The second-order valence-corrected chi connectivity index (χ2v) is 5.35. The molecule has 2 nitrogen and oxygen atoms in total. The SMILES string of the molecule is CC(C)(C)CC(=O)Nc1ccc(Cl)cc1F. The van der Waals surface area contributed by atoms with Crippen LogP contribution in [0.4, 0.5) is 10.1 Å². The lowest BCUT2D eigenvalue weighted by molar-refractivity contribution is -0.117. The topological polar surface area (TPSA) is 29.1 Å². The van der Waals surface area contributed by atoms with Gasteiger partial charge in [0.25, 0.3) is 0 Å². The van der Waals surface area contributed by atoms with E-state index in [2.05, 4.69) is 5.32 Å². The molecule has 0 aliphatic rings. The third kappa shape index (κ3) is 4.19. The molecule has 1 rings (SSSR count). The molecule has 0 saturated carbocycles. The molecule has 1 amide bonds. The van der Waals surface area contributed by atoms with Crippen molar-refractivity contribution in [2.75, 3.05) is 5.32 Å². The van der Waals surface area contributed by atoms with Crippen LogP contribution in [0, 0.1) is 11.2 Å². The Hall–Kier alpha value is -1.09. The number of carbonyl (C=O) groups excluding carboxylic acids is 1. The molecule has 1 aromatic rings. The molecule has 4 heteroatoms. The highest BCUT2D eigenvalue weighted by molar-refractivity contribution is 6.30. The van der Waals surface area contributed by atoms with Crippen LogP contribution in [0.2, 0.25) is 5.02 Å². The minimum Gasteiger partial charge on any atom is -0.324 e. The summed E-state index contributed by atoms with van der Waals surface area (Å²) in [7, 11) is 0. The lowest BCUT2D eigenvalue weighted by atomic mass is 9.92. The van der Waals surface area contributed by atoms with Crippen LogP contribution < -0.4 is 5.32 Å². The van der Waals surface area contributed by atoms with Crippen LogP contribution in [0.3, 0.4) is 0 Å². The van der Waals surface area contributed by atoms with Gasteiger partial charge in [0.1, 0.15) is 5.82 Å². The fourth-order valence-electron chi connectivity index (χ4n) is 1.27. The van der Waals surface area contributed by atoms with Gasteiger partial charge in [0.15, 0.2) is 0 Å². The summed E-state index contributed by atoms with van der Waals surface area (Å²) < 4.78 is 13.3. The molecular weight excluding hydrogens is 229 g/mol. The molecule has 1 aromatic carbocycles. The van der Waals surface area contributed by atoms with E-state index in [-0.39, 0.29) is 17.0 Å². The van der Waals surface area contributed by atoms with E-state index in [0.717, 1.165) is 0 Å². The largest absolute Gasteiger partial charge is 0.324 e. The molecule has 0 bridgehead atoms. The zero-order valence-corrected chi connectivity index (χ0v) is 10.4. The first-order valence-electron chi connectivity index (χ1n) is 5.03. The van der Waals surface area contributed by atoms with E-state index in [1.54, 1.807) is 0 Å². The van der Waals surface area contributed by atoms with Crippen molar-refractivity contribution in [1.29, 1.82) is 0 Å². The summed E-state index contributed by atoms with van der Waals surface area (Å²) in [5.41, 5.74) is 0.0473. The first-order chi connectivity index (χ1) is 7.28. The summed E-state index contributed by atoms with van der Waals surface area (Å²) >= 11 is 5.61. The summed E-state index contributed by atoms with van der Waals surface area (Å²) in [5, 5.41) is 2.83. The number of anilines is 1. The predicted octanol–water partition coefficient (Wildman–Crippen LogP) is 3.85. The van der Waals surface area contributed by atoms with E-state index in [1.807, 2.05) is 20.8 Å². The van der Waals surface area contributed by atoms with E-state index in [9.17, 15) is 9.18 Å². The van der Waals surface area contributed by atoms with Crippen LogP contribution in [0.25, 0.3) is 0 Å². The summed E-state index contributed by atoms with van der Waals surface area (Å²) in [5.74, 6) is -0.719. The molecular formula is C12H15ClFNO. The van der Waals surface area contributed by atoms with Gasteiger partial charge in [0.05, 0.1) is 5.69 Å². The van der Waals surface area contributed by atoms with Gasteiger partial charge in [-0.3, -0.25) is 4.79 Å². The van der Waals surface area contributed by atoms with Gasteiger partial charge in [0, 0.05) is 11.4 Å². The van der Waals surface area contributed by atoms with E-state index in [4.69, 9.17) is 11.6 Å². The number of amides is 1. The van der Waals surface area contributed by atoms with Crippen LogP contribution in [0.15, 0.2) is 18.2 Å². The van der Waals surface area contributed by atoms with Crippen LogP contribution >= 0.6 is 11.6 Å². The normalized spacial score (nSPS) is 11.3. The summed E-state index contributed by atoms with van der Waals surface area (Å²) in [6, 6.07) is 4.17. The quantitative estimate of drug-likeness (QED) is 0.840. The van der Waals surface area contributed by atoms with Crippen LogP contribution in [-0.2, 0) is 4.79 Å². The van der Waals surface area contributed by atoms with Crippen LogP contribution in [-0.4, -0.2) is 5.91 Å². The maximum atomic E-state index is 13.3. The smallest absolute Gasteiger partial charge is 0.224 e. The van der Waals surface area contributed by atoms with Gasteiger partial charge in [0.2, 0.25) is 5.91 Å². The van der Waals surface area contributed by atoms with E-state index < -0.39 is 5.82 Å². The number of halogens is 2. The molecule has 0 aliphatic heterocycles. The Morgan fingerprint density at radius 3 is 2.56 bits per heavy atom. The molecule has 0 heterocycles. The maximum Gasteiger partial charge on any atom is 0.224 e. The number of carbonyl (C=O) groups is 1.